The molecule has 478 valence electrons. The van der Waals surface area contributed by atoms with Crippen LogP contribution in [0.25, 0.3) is 0 Å². The van der Waals surface area contributed by atoms with Crippen LogP contribution >= 0.6 is 11.8 Å². The van der Waals surface area contributed by atoms with Crippen molar-refractivity contribution in [3.8, 4) is 0 Å². The van der Waals surface area contributed by atoms with Crippen LogP contribution in [0.4, 0.5) is 0 Å². The lowest BCUT2D eigenvalue weighted by atomic mass is 10.0. The molecule has 0 unspecified atom stereocenters. The van der Waals surface area contributed by atoms with E-state index in [9.17, 15) is 87.5 Å². The van der Waals surface area contributed by atoms with Crippen LogP contribution in [0, 0.1) is 17.8 Å². The number of aliphatic hydroxyl groups excluding tert-OH is 2. The molecule has 12 amide bonds. The first-order valence-corrected chi connectivity index (χ1v) is 28.9. The van der Waals surface area contributed by atoms with Gasteiger partial charge in [0, 0.05) is 0 Å². The quantitative estimate of drug-likeness (QED) is 0.0275. The summed E-state index contributed by atoms with van der Waals surface area (Å²) in [5, 5.41) is 67.9. The predicted octanol–water partition coefficient (Wildman–Crippen LogP) is -4.93. The number of carbonyl (C=O) groups excluding carboxylic acids is 12. The molecule has 0 aliphatic heterocycles. The van der Waals surface area contributed by atoms with Gasteiger partial charge in [-0.05, 0) is 104 Å². The lowest BCUT2D eigenvalue weighted by Gasteiger charge is -2.27. The summed E-state index contributed by atoms with van der Waals surface area (Å²) in [6, 6.07) is -18.1. The van der Waals surface area contributed by atoms with Gasteiger partial charge in [-0.2, -0.15) is 11.8 Å². The molecule has 0 spiro atoms. The average molecular weight is 1220 g/mol. The summed E-state index contributed by atoms with van der Waals surface area (Å²) >= 11 is 1.33. The van der Waals surface area contributed by atoms with E-state index in [0.29, 0.717) is 5.75 Å². The Morgan fingerprint density at radius 2 is 0.679 bits per heavy atom. The van der Waals surface area contributed by atoms with E-state index in [1.807, 2.05) is 0 Å². The second kappa shape index (κ2) is 37.9. The molecule has 0 aromatic rings. The van der Waals surface area contributed by atoms with Gasteiger partial charge in [-0.15, -0.1) is 0 Å². The highest BCUT2D eigenvalue weighted by molar-refractivity contribution is 7.98. The fourth-order valence-electron chi connectivity index (χ4n) is 7.51. The first-order chi connectivity index (χ1) is 38.9. The monoisotopic (exact) mass is 1220 g/mol. The summed E-state index contributed by atoms with van der Waals surface area (Å²) in [6.07, 6.45) is -0.724. The summed E-state index contributed by atoms with van der Waals surface area (Å²) in [5.41, 5.74) is 5.51. The first kappa shape index (κ1) is 76.8. The minimum atomic E-state index is -1.84. The zero-order chi connectivity index (χ0) is 65.0. The SMILES string of the molecule is CSCC[C@H](NC(=O)[C@H](CC(C)C)NC(=O)[C@H](C)NC(=O)[C@H](CC(=O)O)NC(=O)[C@H](CC(C)C)NC(=O)[C@H](C)NC(=O)[C@H](C)NC(=O)[C@@H](NC(=O)[C@H](C)NC(=O)[C@H](C)N)[C@@H](C)O)C(=O)N[C@@H](C)C(=O)N[C@@H](CO)C(=O)N[C@@H](CC(C)C)C(=O)O. The zero-order valence-corrected chi connectivity index (χ0v) is 51.1. The van der Waals surface area contributed by atoms with Crippen molar-refractivity contribution < 1.29 is 87.5 Å². The molecule has 0 aliphatic carbocycles. The molecular formula is C52H91N13O18S. The average Bonchev–Trinajstić information content (AvgIpc) is 3.52. The topological polar surface area (TPSA) is 490 Å². The van der Waals surface area contributed by atoms with Crippen LogP contribution in [-0.4, -0.2) is 207 Å². The molecule has 14 atom stereocenters. The van der Waals surface area contributed by atoms with Crippen LogP contribution < -0.4 is 69.5 Å². The summed E-state index contributed by atoms with van der Waals surface area (Å²) in [7, 11) is 0. The normalized spacial score (nSPS) is 16.2. The zero-order valence-electron chi connectivity index (χ0n) is 50.3. The number of carbonyl (C=O) groups is 14. The largest absolute Gasteiger partial charge is 0.481 e. The predicted molar refractivity (Wildman–Crippen MR) is 305 cm³/mol. The molecule has 0 aliphatic rings. The minimum Gasteiger partial charge on any atom is -0.481 e. The smallest absolute Gasteiger partial charge is 0.326 e. The molecule has 0 saturated heterocycles. The van der Waals surface area contributed by atoms with Gasteiger partial charge < -0.3 is 90.0 Å². The number of hydrogen-bond donors (Lipinski definition) is 17. The van der Waals surface area contributed by atoms with Crippen LogP contribution in [0.5, 0.6) is 0 Å². The van der Waals surface area contributed by atoms with Crippen LogP contribution in [0.2, 0.25) is 0 Å². The van der Waals surface area contributed by atoms with Gasteiger partial charge in [0.25, 0.3) is 0 Å². The molecule has 0 aromatic carbocycles. The van der Waals surface area contributed by atoms with E-state index >= 15 is 0 Å². The van der Waals surface area contributed by atoms with Crippen molar-refractivity contribution in [2.75, 3.05) is 18.6 Å². The van der Waals surface area contributed by atoms with Gasteiger partial charge in [-0.3, -0.25) is 62.3 Å². The summed E-state index contributed by atoms with van der Waals surface area (Å²) in [6.45, 7) is 18.3. The third-order valence-corrected chi connectivity index (χ3v) is 13.0. The molecule has 0 rings (SSSR count). The van der Waals surface area contributed by atoms with Gasteiger partial charge in [-0.25, -0.2) is 4.79 Å². The van der Waals surface area contributed by atoms with E-state index in [0.717, 1.165) is 0 Å². The number of amides is 12. The Balaban J connectivity index is 6.10. The maximum absolute atomic E-state index is 13.9. The lowest BCUT2D eigenvalue weighted by molar-refractivity contribution is -0.143. The molecular weight excluding hydrogens is 1130 g/mol. The molecule has 0 radical (unpaired) electrons. The van der Waals surface area contributed by atoms with Gasteiger partial charge >= 0.3 is 11.9 Å². The second-order valence-corrected chi connectivity index (χ2v) is 22.8. The lowest BCUT2D eigenvalue weighted by Crippen LogP contribution is -2.61. The van der Waals surface area contributed by atoms with E-state index in [4.69, 9.17) is 5.73 Å². The van der Waals surface area contributed by atoms with Crippen molar-refractivity contribution in [3.63, 3.8) is 0 Å². The summed E-state index contributed by atoms with van der Waals surface area (Å²) < 4.78 is 0. The van der Waals surface area contributed by atoms with Gasteiger partial charge in [-0.1, -0.05) is 41.5 Å². The Bertz CT molecular complexity index is 2310. The number of nitrogens with one attached hydrogen (secondary N) is 12. The molecule has 0 heterocycles. The minimum absolute atomic E-state index is 0.00156. The molecule has 0 aromatic heterocycles. The highest BCUT2D eigenvalue weighted by atomic mass is 32.2. The number of aliphatic carboxylic acids is 2. The van der Waals surface area contributed by atoms with Crippen molar-refractivity contribution >= 4 is 94.6 Å². The van der Waals surface area contributed by atoms with Gasteiger partial charge in [0.1, 0.15) is 72.5 Å². The highest BCUT2D eigenvalue weighted by Gasteiger charge is 2.36. The van der Waals surface area contributed by atoms with E-state index in [-0.39, 0.29) is 43.4 Å². The Kier molecular flexibility index (Phi) is 34.7. The van der Waals surface area contributed by atoms with Crippen LogP contribution in [-0.2, 0) is 67.1 Å². The van der Waals surface area contributed by atoms with E-state index in [1.165, 1.54) is 60.2 Å². The number of hydrogen-bond acceptors (Lipinski definition) is 18. The summed E-state index contributed by atoms with van der Waals surface area (Å²) in [4.78, 5) is 182. The van der Waals surface area contributed by atoms with Crippen LogP contribution in [0.15, 0.2) is 0 Å². The fraction of sp³-hybridized carbons (Fsp3) is 0.731. The maximum atomic E-state index is 13.9. The van der Waals surface area contributed by atoms with E-state index in [2.05, 4.69) is 63.8 Å². The van der Waals surface area contributed by atoms with E-state index in [1.54, 1.807) is 47.8 Å². The Morgan fingerprint density at radius 3 is 1.05 bits per heavy atom. The van der Waals surface area contributed by atoms with E-state index < -0.39 is 181 Å². The van der Waals surface area contributed by atoms with Gasteiger partial charge in [0.05, 0.1) is 25.2 Å². The number of carboxylic acids is 2. The van der Waals surface area contributed by atoms with Crippen molar-refractivity contribution in [3.05, 3.63) is 0 Å². The molecule has 84 heavy (non-hydrogen) atoms. The number of rotatable bonds is 38. The van der Waals surface area contributed by atoms with Crippen molar-refractivity contribution in [2.45, 2.75) is 207 Å². The number of thioether (sulfide) groups is 1. The molecule has 0 bridgehead atoms. The second-order valence-electron chi connectivity index (χ2n) is 21.8. The molecule has 0 saturated carbocycles. The third-order valence-electron chi connectivity index (χ3n) is 12.3. The Hall–Kier alpha value is -7.19. The molecule has 18 N–H and O–H groups in total. The maximum Gasteiger partial charge on any atom is 0.326 e. The molecule has 31 nitrogen and oxygen atoms in total. The van der Waals surface area contributed by atoms with Gasteiger partial charge in [0.15, 0.2) is 0 Å². The third kappa shape index (κ3) is 28.9. The Labute approximate surface area is 493 Å². The highest BCUT2D eigenvalue weighted by Crippen LogP contribution is 2.11. The number of carboxylic acid groups (broad SMARTS) is 2. The van der Waals surface area contributed by atoms with Crippen LogP contribution in [0.3, 0.4) is 0 Å². The van der Waals surface area contributed by atoms with Crippen molar-refractivity contribution in [2.24, 2.45) is 23.5 Å². The molecule has 32 heteroatoms. The number of aliphatic hydroxyl groups is 2. The Morgan fingerprint density at radius 1 is 0.381 bits per heavy atom. The van der Waals surface area contributed by atoms with Crippen molar-refractivity contribution in [1.29, 1.82) is 0 Å². The first-order valence-electron chi connectivity index (χ1n) is 27.5. The summed E-state index contributed by atoms with van der Waals surface area (Å²) in [5.74, 6) is -14.3. The van der Waals surface area contributed by atoms with Crippen LogP contribution in [0.1, 0.15) is 122 Å². The van der Waals surface area contributed by atoms with Crippen molar-refractivity contribution in [1.82, 2.24) is 63.8 Å². The molecule has 0 fully saturated rings. The number of nitrogens with two attached hydrogens (primary N) is 1. The standard InChI is InChI=1S/C52H91N13O18S/c1-22(2)17-33(48(78)59-32(15-16-84-14)46(76)56-29(11)44(74)64-37(21-66)50(80)63-36(52(82)83)19-24(5)6)60-43(73)28(10)57-47(77)35(20-38(68)69)62-49(79)34(18-23(3)4)61-42(72)27(9)55-41(71)26(8)58-51(81)39(31(13)67)65-45(75)30(12)54-40(70)25(7)53/h22-37,39,66-67H,15-21,53H2,1-14H3,(H,54,70)(H,55,71)(H,56,76)(H,57,77)(H,58,81)(H,59,78)(H,60,73)(H,61,72)(H,62,79)(H,63,80)(H,64,74)(H,65,75)(H,68,69)(H,82,83)/t25-,26-,27-,28-,29-,30-,31+,32-,33-,34-,35-,36-,37-,39-/m0/s1. The fourth-order valence-corrected chi connectivity index (χ4v) is 7.99. The van der Waals surface area contributed by atoms with Gasteiger partial charge in [0.2, 0.25) is 70.9 Å².